The third kappa shape index (κ3) is 7.46. The molecule has 0 heterocycles. The number of halogens is 3. The Morgan fingerprint density at radius 1 is 0.647 bits per heavy atom. The van der Waals surface area contributed by atoms with Crippen LogP contribution in [0.5, 0.6) is 0 Å². The second kappa shape index (κ2) is 7.08. The molecule has 0 fully saturated rings. The molecule has 0 spiro atoms. The van der Waals surface area contributed by atoms with Crippen LogP contribution in [0.2, 0.25) is 0 Å². The number of benzene rings is 2. The lowest BCUT2D eigenvalue weighted by Gasteiger charge is -1.98. The molecule has 0 N–H and O–H groups in total. The van der Waals surface area contributed by atoms with Gasteiger partial charge in [0.1, 0.15) is 0 Å². The van der Waals surface area contributed by atoms with E-state index in [1.165, 1.54) is 11.1 Å². The van der Waals surface area contributed by atoms with E-state index in [0.29, 0.717) is 0 Å². The van der Waals surface area contributed by atoms with Gasteiger partial charge < -0.3 is 0 Å². The van der Waals surface area contributed by atoms with Gasteiger partial charge in [0.15, 0.2) is 0 Å². The Bertz CT molecular complexity index is 436. The molecule has 0 aliphatic carbocycles. The fourth-order valence-electron chi connectivity index (χ4n) is 1.26. The molecule has 0 unspecified atom stereocenters. The van der Waals surface area contributed by atoms with Gasteiger partial charge in [-0.1, -0.05) is 60.7 Å². The molecule has 2 aromatic rings. The maximum Gasteiger partial charge on any atom is 0.339 e. The summed E-state index contributed by atoms with van der Waals surface area (Å²) in [6.45, 7) is 0. The van der Waals surface area contributed by atoms with Crippen LogP contribution in [0.25, 0.3) is 11.1 Å². The largest absolute Gasteiger partial charge is 0.339 e. The van der Waals surface area contributed by atoms with Gasteiger partial charge in [-0.05, 0) is 44.8 Å². The maximum atomic E-state index is 9.51. The highest BCUT2D eigenvalue weighted by Gasteiger charge is 2.03. The molecule has 2 rings (SSSR count). The molecular weight excluding hydrogens is 297 g/mol. The molecule has 0 radical (unpaired) electrons. The van der Waals surface area contributed by atoms with Crippen molar-refractivity contribution in [2.45, 2.75) is 0 Å². The molecule has 0 saturated carbocycles. The highest BCUT2D eigenvalue weighted by atomic mass is 36.0. The molecule has 2 aromatic carbocycles. The Morgan fingerprint density at radius 2 is 0.882 bits per heavy atom. The van der Waals surface area contributed by atoms with Gasteiger partial charge in [0.05, 0.1) is 0 Å². The van der Waals surface area contributed by atoms with E-state index in [1.54, 1.807) is 0 Å². The minimum atomic E-state index is -3.22. The number of hydrogen-bond donors (Lipinski definition) is 0. The van der Waals surface area contributed by atoms with Crippen molar-refractivity contribution in [1.29, 1.82) is 0 Å². The van der Waals surface area contributed by atoms with E-state index in [2.05, 4.69) is 82.3 Å². The standard InChI is InChI=1S/C12H10.Cl3OP/c1-3-7-11(8-4-1)12-9-5-2-6-10-12;1-5(2,3)4/h1-10H;. The van der Waals surface area contributed by atoms with Crippen molar-refractivity contribution in [3.8, 4) is 11.1 Å². The zero-order valence-corrected chi connectivity index (χ0v) is 11.9. The van der Waals surface area contributed by atoms with Crippen LogP contribution in [0, 0.1) is 0 Å². The van der Waals surface area contributed by atoms with E-state index in [4.69, 9.17) is 0 Å². The fourth-order valence-corrected chi connectivity index (χ4v) is 1.26. The topological polar surface area (TPSA) is 17.1 Å². The lowest BCUT2D eigenvalue weighted by molar-refractivity contribution is 0.600. The van der Waals surface area contributed by atoms with Gasteiger partial charge in [-0.2, -0.15) is 0 Å². The first-order chi connectivity index (χ1) is 7.97. The lowest BCUT2D eigenvalue weighted by Crippen LogP contribution is -1.73. The highest BCUT2D eigenvalue weighted by Crippen LogP contribution is 2.61. The predicted molar refractivity (Wildman–Crippen MR) is 77.0 cm³/mol. The van der Waals surface area contributed by atoms with Crippen molar-refractivity contribution in [3.05, 3.63) is 60.7 Å². The maximum absolute atomic E-state index is 9.51. The van der Waals surface area contributed by atoms with Gasteiger partial charge in [0.25, 0.3) is 0 Å². The van der Waals surface area contributed by atoms with E-state index in [1.807, 2.05) is 12.1 Å². The third-order valence-corrected chi connectivity index (χ3v) is 1.88. The van der Waals surface area contributed by atoms with Crippen LogP contribution < -0.4 is 0 Å². The Morgan fingerprint density at radius 3 is 1.12 bits per heavy atom. The Labute approximate surface area is 115 Å². The molecular formula is C12H10Cl3OP. The first-order valence-corrected chi connectivity index (χ1v) is 9.18. The summed E-state index contributed by atoms with van der Waals surface area (Å²) in [4.78, 5) is 0. The van der Waals surface area contributed by atoms with Gasteiger partial charge in [0, 0.05) is 0 Å². The summed E-state index contributed by atoms with van der Waals surface area (Å²) >= 11 is 13.8. The second-order valence-electron chi connectivity index (χ2n) is 3.13. The van der Waals surface area contributed by atoms with Crippen molar-refractivity contribution in [1.82, 2.24) is 0 Å². The third-order valence-electron chi connectivity index (χ3n) is 1.88. The van der Waals surface area contributed by atoms with Crippen molar-refractivity contribution in [2.75, 3.05) is 0 Å². The van der Waals surface area contributed by atoms with Crippen molar-refractivity contribution in [3.63, 3.8) is 0 Å². The predicted octanol–water partition coefficient (Wildman–Crippen LogP) is 6.16. The van der Waals surface area contributed by atoms with Crippen molar-refractivity contribution in [2.24, 2.45) is 0 Å². The van der Waals surface area contributed by atoms with Crippen LogP contribution >= 0.6 is 38.9 Å². The molecule has 0 bridgehead atoms. The molecule has 90 valence electrons. The van der Waals surface area contributed by atoms with E-state index in [9.17, 15) is 4.57 Å². The molecule has 5 heteroatoms. The number of rotatable bonds is 1. The van der Waals surface area contributed by atoms with Crippen molar-refractivity contribution >= 4 is 38.9 Å². The average Bonchev–Trinajstić information content (AvgIpc) is 2.29. The fraction of sp³-hybridized carbons (Fsp3) is 0. The SMILES string of the molecule is O=P(Cl)(Cl)Cl.c1ccc(-c2ccccc2)cc1. The normalized spacial score (nSPS) is 10.3. The Balaban J connectivity index is 0.000000249. The molecule has 17 heavy (non-hydrogen) atoms. The minimum absolute atomic E-state index is 1.28. The quantitative estimate of drug-likeness (QED) is 0.576. The Hall–Kier alpha value is -0.460. The summed E-state index contributed by atoms with van der Waals surface area (Å²) in [7, 11) is 0. The van der Waals surface area contributed by atoms with Crippen LogP contribution in [-0.4, -0.2) is 0 Å². The van der Waals surface area contributed by atoms with E-state index in [-0.39, 0.29) is 0 Å². The average molecular weight is 308 g/mol. The summed E-state index contributed by atoms with van der Waals surface area (Å²) in [5.74, 6) is 0. The van der Waals surface area contributed by atoms with E-state index < -0.39 is 5.20 Å². The van der Waals surface area contributed by atoms with E-state index >= 15 is 0 Å². The molecule has 0 saturated heterocycles. The summed E-state index contributed by atoms with van der Waals surface area (Å²) in [6.07, 6.45) is 0. The monoisotopic (exact) mass is 306 g/mol. The van der Waals surface area contributed by atoms with E-state index in [0.717, 1.165) is 0 Å². The zero-order chi connectivity index (χ0) is 12.7. The lowest BCUT2D eigenvalue weighted by atomic mass is 10.1. The van der Waals surface area contributed by atoms with Crippen LogP contribution in [0.1, 0.15) is 0 Å². The summed E-state index contributed by atoms with van der Waals surface area (Å²) in [5.41, 5.74) is 2.55. The molecule has 0 aliphatic rings. The van der Waals surface area contributed by atoms with Gasteiger partial charge >= 0.3 is 5.20 Å². The first-order valence-electron chi connectivity index (χ1n) is 4.76. The van der Waals surface area contributed by atoms with Crippen LogP contribution in [0.15, 0.2) is 60.7 Å². The smallest absolute Gasteiger partial charge is 0.271 e. The van der Waals surface area contributed by atoms with Crippen LogP contribution in [-0.2, 0) is 4.57 Å². The molecule has 0 aliphatic heterocycles. The second-order valence-corrected chi connectivity index (χ2v) is 9.77. The molecule has 0 amide bonds. The summed E-state index contributed by atoms with van der Waals surface area (Å²) < 4.78 is 9.51. The highest BCUT2D eigenvalue weighted by molar-refractivity contribution is 8.24. The molecule has 0 aromatic heterocycles. The molecule has 0 atom stereocenters. The minimum Gasteiger partial charge on any atom is -0.271 e. The number of hydrogen-bond acceptors (Lipinski definition) is 1. The van der Waals surface area contributed by atoms with Gasteiger partial charge in [-0.25, -0.2) is 0 Å². The first kappa shape index (κ1) is 14.6. The van der Waals surface area contributed by atoms with Crippen LogP contribution in [0.4, 0.5) is 0 Å². The Kier molecular flexibility index (Phi) is 6.08. The van der Waals surface area contributed by atoms with Gasteiger partial charge in [-0.3, -0.25) is 4.57 Å². The zero-order valence-electron chi connectivity index (χ0n) is 8.76. The van der Waals surface area contributed by atoms with Crippen molar-refractivity contribution < 1.29 is 4.57 Å². The van der Waals surface area contributed by atoms with Gasteiger partial charge in [-0.15, -0.1) is 0 Å². The van der Waals surface area contributed by atoms with Crippen LogP contribution in [0.3, 0.4) is 0 Å². The summed E-state index contributed by atoms with van der Waals surface area (Å²) in [5, 5.41) is -3.22. The summed E-state index contributed by atoms with van der Waals surface area (Å²) in [6, 6.07) is 20.8. The molecule has 1 nitrogen and oxygen atoms in total. The van der Waals surface area contributed by atoms with Gasteiger partial charge in [0.2, 0.25) is 0 Å².